The Balaban J connectivity index is 1.71. The van der Waals surface area contributed by atoms with Gasteiger partial charge in [0.2, 0.25) is 5.91 Å². The van der Waals surface area contributed by atoms with Crippen molar-refractivity contribution in [1.82, 2.24) is 9.80 Å². The summed E-state index contributed by atoms with van der Waals surface area (Å²) in [5.41, 5.74) is 5.59. The third-order valence-corrected chi connectivity index (χ3v) is 6.15. The Bertz CT molecular complexity index is 814. The number of amides is 2. The lowest BCUT2D eigenvalue weighted by Gasteiger charge is -2.40. The van der Waals surface area contributed by atoms with E-state index in [1.165, 1.54) is 0 Å². The third kappa shape index (κ3) is 4.26. The van der Waals surface area contributed by atoms with Gasteiger partial charge in [0, 0.05) is 37.2 Å². The van der Waals surface area contributed by atoms with Crippen molar-refractivity contribution >= 4 is 23.6 Å². The minimum atomic E-state index is -0.893. The number of carboxylic acid groups (broad SMARTS) is 1. The highest BCUT2D eigenvalue weighted by atomic mass is 16.4. The number of nitrogens with one attached hydrogen (secondary N) is 1. The number of carboxylic acids is 1. The molecule has 4 N–H and O–H groups in total. The van der Waals surface area contributed by atoms with Gasteiger partial charge in [-0.05, 0) is 50.7 Å². The molecule has 29 heavy (non-hydrogen) atoms. The van der Waals surface area contributed by atoms with Gasteiger partial charge in [0.1, 0.15) is 11.4 Å². The maximum atomic E-state index is 13.3. The summed E-state index contributed by atoms with van der Waals surface area (Å²) in [7, 11) is 0. The topological polar surface area (TPSA) is 128 Å². The van der Waals surface area contributed by atoms with E-state index >= 15 is 0 Å². The molecular formula is C21H28N4O4. The SMILES string of the molecule is C[C@]1(C(=O)N2CCC(CC(=O)O)CC2)CCCN1C(=O)c1ccc(C(=N)N)cc1. The molecule has 156 valence electrons. The molecule has 2 fully saturated rings. The zero-order valence-corrected chi connectivity index (χ0v) is 16.7. The van der Waals surface area contributed by atoms with E-state index in [4.69, 9.17) is 16.2 Å². The first-order valence-corrected chi connectivity index (χ1v) is 10.00. The lowest BCUT2D eigenvalue weighted by atomic mass is 9.90. The Labute approximate surface area is 170 Å². The fourth-order valence-corrected chi connectivity index (χ4v) is 4.39. The lowest BCUT2D eigenvalue weighted by molar-refractivity contribution is -0.143. The normalized spacial score (nSPS) is 22.5. The van der Waals surface area contributed by atoms with Crippen molar-refractivity contribution in [3.63, 3.8) is 0 Å². The molecular weight excluding hydrogens is 372 g/mol. The number of hydrogen-bond acceptors (Lipinski definition) is 4. The molecule has 1 aromatic carbocycles. The Morgan fingerprint density at radius 3 is 2.28 bits per heavy atom. The summed E-state index contributed by atoms with van der Waals surface area (Å²) >= 11 is 0. The number of amidine groups is 1. The van der Waals surface area contributed by atoms with Gasteiger partial charge in [0.15, 0.2) is 0 Å². The number of carbonyl (C=O) groups is 3. The van der Waals surface area contributed by atoms with Gasteiger partial charge in [-0.3, -0.25) is 19.8 Å². The number of piperidine rings is 1. The highest BCUT2D eigenvalue weighted by molar-refractivity contribution is 6.01. The van der Waals surface area contributed by atoms with Gasteiger partial charge < -0.3 is 20.6 Å². The first-order chi connectivity index (χ1) is 13.7. The van der Waals surface area contributed by atoms with Gasteiger partial charge in [-0.1, -0.05) is 12.1 Å². The molecule has 2 aliphatic heterocycles. The minimum Gasteiger partial charge on any atom is -0.481 e. The molecule has 1 atom stereocenters. The molecule has 0 radical (unpaired) electrons. The van der Waals surface area contributed by atoms with Crippen LogP contribution in [0.25, 0.3) is 0 Å². The van der Waals surface area contributed by atoms with Crippen molar-refractivity contribution in [2.24, 2.45) is 11.7 Å². The lowest BCUT2D eigenvalue weighted by Crippen LogP contribution is -2.57. The van der Waals surface area contributed by atoms with Crippen molar-refractivity contribution in [2.45, 2.75) is 44.6 Å². The zero-order chi connectivity index (χ0) is 21.2. The van der Waals surface area contributed by atoms with Crippen molar-refractivity contribution in [1.29, 1.82) is 5.41 Å². The summed E-state index contributed by atoms with van der Waals surface area (Å²) in [6.07, 6.45) is 2.86. The standard InChI is InChI=1S/C21H28N4O4/c1-21(20(29)24-11-7-14(8-12-24)13-17(26)27)9-2-10-25(21)19(28)16-5-3-15(4-6-16)18(22)23/h3-6,14H,2,7-13H2,1H3,(H3,22,23)(H,26,27)/t21-/m1/s1. The van der Waals surface area contributed by atoms with Crippen LogP contribution in [-0.2, 0) is 9.59 Å². The number of nitrogen functional groups attached to an aromatic ring is 1. The highest BCUT2D eigenvalue weighted by Gasteiger charge is 2.48. The smallest absolute Gasteiger partial charge is 0.303 e. The van der Waals surface area contributed by atoms with E-state index in [-0.39, 0.29) is 30.0 Å². The van der Waals surface area contributed by atoms with Crippen LogP contribution >= 0.6 is 0 Å². The van der Waals surface area contributed by atoms with Crippen LogP contribution in [0.5, 0.6) is 0 Å². The average Bonchev–Trinajstić information content (AvgIpc) is 3.10. The molecule has 8 heteroatoms. The van der Waals surface area contributed by atoms with E-state index in [2.05, 4.69) is 0 Å². The molecule has 0 bridgehead atoms. The van der Waals surface area contributed by atoms with Gasteiger partial charge in [-0.25, -0.2) is 0 Å². The molecule has 0 saturated carbocycles. The summed E-state index contributed by atoms with van der Waals surface area (Å²) in [6, 6.07) is 6.55. The Kier molecular flexibility index (Phi) is 5.91. The molecule has 0 aliphatic carbocycles. The largest absolute Gasteiger partial charge is 0.481 e. The van der Waals surface area contributed by atoms with E-state index in [0.29, 0.717) is 50.0 Å². The minimum absolute atomic E-state index is 0.0579. The van der Waals surface area contributed by atoms with Crippen LogP contribution in [0.1, 0.15) is 54.9 Å². The number of nitrogens with zero attached hydrogens (tertiary/aromatic N) is 2. The second-order valence-electron chi connectivity index (χ2n) is 8.16. The van der Waals surface area contributed by atoms with Crippen LogP contribution < -0.4 is 5.73 Å². The predicted octanol–water partition coefficient (Wildman–Crippen LogP) is 1.68. The Morgan fingerprint density at radius 2 is 1.72 bits per heavy atom. The second-order valence-corrected chi connectivity index (χ2v) is 8.16. The summed E-state index contributed by atoms with van der Waals surface area (Å²) in [6.45, 7) is 3.40. The molecule has 2 heterocycles. The summed E-state index contributed by atoms with van der Waals surface area (Å²) in [5, 5.41) is 16.4. The summed E-state index contributed by atoms with van der Waals surface area (Å²) in [4.78, 5) is 40.8. The van der Waals surface area contributed by atoms with Crippen LogP contribution in [0.2, 0.25) is 0 Å². The summed E-state index contributed by atoms with van der Waals surface area (Å²) < 4.78 is 0. The molecule has 1 aromatic rings. The van der Waals surface area contributed by atoms with Crippen LogP contribution in [0, 0.1) is 11.3 Å². The van der Waals surface area contributed by atoms with Gasteiger partial charge in [-0.2, -0.15) is 0 Å². The van der Waals surface area contributed by atoms with Crippen LogP contribution in [0.15, 0.2) is 24.3 Å². The van der Waals surface area contributed by atoms with Crippen molar-refractivity contribution < 1.29 is 19.5 Å². The fourth-order valence-electron chi connectivity index (χ4n) is 4.39. The molecule has 0 spiro atoms. The van der Waals surface area contributed by atoms with E-state index < -0.39 is 11.5 Å². The molecule has 3 rings (SSSR count). The van der Waals surface area contributed by atoms with Gasteiger partial charge in [-0.15, -0.1) is 0 Å². The van der Waals surface area contributed by atoms with Gasteiger partial charge >= 0.3 is 5.97 Å². The molecule has 2 amide bonds. The van der Waals surface area contributed by atoms with Gasteiger partial charge in [0.25, 0.3) is 5.91 Å². The average molecular weight is 400 g/mol. The number of likely N-dealkylation sites (tertiary alicyclic amines) is 2. The van der Waals surface area contributed by atoms with Crippen LogP contribution in [-0.4, -0.2) is 63.7 Å². The number of rotatable bonds is 5. The van der Waals surface area contributed by atoms with E-state index in [9.17, 15) is 14.4 Å². The summed E-state index contributed by atoms with van der Waals surface area (Å²) in [5.74, 6) is -1.02. The Morgan fingerprint density at radius 1 is 1.14 bits per heavy atom. The van der Waals surface area contributed by atoms with Crippen molar-refractivity contribution in [3.05, 3.63) is 35.4 Å². The second kappa shape index (κ2) is 8.23. The zero-order valence-electron chi connectivity index (χ0n) is 16.7. The molecule has 0 unspecified atom stereocenters. The van der Waals surface area contributed by atoms with Crippen LogP contribution in [0.4, 0.5) is 0 Å². The predicted molar refractivity (Wildman–Crippen MR) is 108 cm³/mol. The first-order valence-electron chi connectivity index (χ1n) is 10.00. The maximum Gasteiger partial charge on any atom is 0.303 e. The fraction of sp³-hybridized carbons (Fsp3) is 0.524. The molecule has 8 nitrogen and oxygen atoms in total. The molecule has 2 aliphatic rings. The Hall–Kier alpha value is -2.90. The van der Waals surface area contributed by atoms with E-state index in [0.717, 1.165) is 6.42 Å². The third-order valence-electron chi connectivity index (χ3n) is 6.15. The molecule has 0 aromatic heterocycles. The first kappa shape index (κ1) is 20.8. The number of nitrogens with two attached hydrogens (primary N) is 1. The van der Waals surface area contributed by atoms with Crippen molar-refractivity contribution in [3.8, 4) is 0 Å². The van der Waals surface area contributed by atoms with E-state index in [1.807, 2.05) is 6.92 Å². The monoisotopic (exact) mass is 400 g/mol. The van der Waals surface area contributed by atoms with Gasteiger partial charge in [0.05, 0.1) is 0 Å². The highest BCUT2D eigenvalue weighted by Crippen LogP contribution is 2.34. The number of benzene rings is 1. The van der Waals surface area contributed by atoms with E-state index in [1.54, 1.807) is 34.1 Å². The quantitative estimate of drug-likeness (QED) is 0.512. The number of carbonyl (C=O) groups excluding carboxylic acids is 2. The maximum absolute atomic E-state index is 13.3. The van der Waals surface area contributed by atoms with Crippen LogP contribution in [0.3, 0.4) is 0 Å². The molecule has 2 saturated heterocycles. The van der Waals surface area contributed by atoms with Crippen molar-refractivity contribution in [2.75, 3.05) is 19.6 Å². The number of aliphatic carboxylic acids is 1. The number of hydrogen-bond donors (Lipinski definition) is 3.